The van der Waals surface area contributed by atoms with Gasteiger partial charge in [-0.05, 0) is 230 Å². The van der Waals surface area contributed by atoms with Crippen LogP contribution in [-0.4, -0.2) is 120 Å². The number of carbonyl (C=O) groups is 12. The first-order chi connectivity index (χ1) is 69.7. The van der Waals surface area contributed by atoms with Gasteiger partial charge in [0.2, 0.25) is 35.4 Å². The Balaban J connectivity index is 0.000000138. The van der Waals surface area contributed by atoms with Crippen LogP contribution in [0.3, 0.4) is 0 Å². The van der Waals surface area contributed by atoms with Crippen LogP contribution < -0.4 is 51.9 Å². The number of hydrogen-bond acceptors (Lipinski definition) is 15. The van der Waals surface area contributed by atoms with E-state index in [-0.39, 0.29) is 58.1 Å². The lowest BCUT2D eigenvalue weighted by Crippen LogP contribution is -2.51. The Morgan fingerprint density at radius 2 is 0.541 bits per heavy atom. The number of benzene rings is 8. The molecular formula is C118H135Cl3N10O15. The van der Waals surface area contributed by atoms with Crippen molar-refractivity contribution < 1.29 is 72.1 Å². The molecule has 0 bridgehead atoms. The zero-order valence-electron chi connectivity index (χ0n) is 85.0. The number of anilines is 4. The number of fused-ring (bicyclic) bond motifs is 12. The molecule has 4 unspecified atom stereocenters. The molecule has 20 rings (SSSR count). The first kappa shape index (κ1) is 107. The van der Waals surface area contributed by atoms with Crippen LogP contribution >= 0.6 is 35.0 Å². The number of carbonyl (C=O) groups excluding carboxylic acids is 11. The van der Waals surface area contributed by atoms with Crippen molar-refractivity contribution in [1.82, 2.24) is 20.8 Å². The summed E-state index contributed by atoms with van der Waals surface area (Å²) in [7, 11) is 6.99. The molecule has 9 N–H and O–H groups in total. The number of hydrogen-bond donors (Lipinski definition) is 7. The molecule has 8 atom stereocenters. The summed E-state index contributed by atoms with van der Waals surface area (Å²) in [5, 5.41) is 18.8. The number of alkyl halides is 2. The van der Waals surface area contributed by atoms with Crippen LogP contribution in [0, 0.1) is 69.0 Å². The summed E-state index contributed by atoms with van der Waals surface area (Å²) in [6.45, 7) is 12.7. The van der Waals surface area contributed by atoms with Crippen LogP contribution in [0.2, 0.25) is 0 Å². The van der Waals surface area contributed by atoms with Gasteiger partial charge in [0, 0.05) is 50.4 Å². The number of allylic oxidation sites excluding steroid dienone is 8. The Kier molecular flexibility index (Phi) is 33.3. The lowest BCUT2D eigenvalue weighted by Gasteiger charge is -2.37. The molecular weight excluding hydrogens is 1900 g/mol. The SMILES string of the molecule is CC(C)(C)OC(=O)C1([C@@H](CC2CC2)C(=O)O)CC=CC1.CC(Cl)Cl.CN1C(=O)C(NC(=O)[C@H](CC2CC2)C2(C(=O)OC(C)(C)C)CC=CC2)c2ccccc2-c2ccccc21.CN1C(=O)C(NC(=O)[C@H](CC2CC2)C2(C(N)=O)CC=CC2)c2ccccc2-c2ccccc21.CN1C(=O)C(NC(=O)[C@H](CC2CC2)C2(C(N)=O)CC=CC2)c2ccccc2-c2ccccc21.CN1C(=O)C(NCl)c2ccccc2-c2ccccc21. The van der Waals surface area contributed by atoms with E-state index in [9.17, 15) is 62.6 Å². The Morgan fingerprint density at radius 1 is 0.342 bits per heavy atom. The first-order valence-corrected chi connectivity index (χ1v) is 52.2. The first-order valence-electron chi connectivity index (χ1n) is 50.9. The van der Waals surface area contributed by atoms with Crippen LogP contribution in [0.1, 0.15) is 223 Å². The number of likely N-dealkylation sites (N-methyl/N-ethyl adjacent to an activating group) is 4. The van der Waals surface area contributed by atoms with Gasteiger partial charge in [0.15, 0.2) is 0 Å². The largest absolute Gasteiger partial charge is 0.481 e. The molecule has 9 amide bonds. The third kappa shape index (κ3) is 23.6. The summed E-state index contributed by atoms with van der Waals surface area (Å²) in [5.74, 6) is -4.50. The number of nitrogens with two attached hydrogens (primary N) is 2. The van der Waals surface area contributed by atoms with E-state index in [2.05, 4.69) is 20.8 Å². The van der Waals surface area contributed by atoms with E-state index in [0.717, 1.165) is 141 Å². The number of primary amides is 2. The Bertz CT molecular complexity index is 6180. The number of nitrogens with zero attached hydrogens (tertiary/aromatic N) is 4. The zero-order valence-corrected chi connectivity index (χ0v) is 87.2. The molecule has 28 heteroatoms. The van der Waals surface area contributed by atoms with Gasteiger partial charge in [0.05, 0.1) is 68.1 Å². The van der Waals surface area contributed by atoms with Gasteiger partial charge in [-0.1, -0.05) is 270 Å². The van der Waals surface area contributed by atoms with Crippen molar-refractivity contribution in [2.45, 2.75) is 217 Å². The van der Waals surface area contributed by atoms with E-state index in [1.54, 1.807) is 54.7 Å². The summed E-state index contributed by atoms with van der Waals surface area (Å²) >= 11 is 15.9. The number of ether oxygens (including phenoxy) is 2. The smallest absolute Gasteiger partial charge is 0.314 e. The molecule has 768 valence electrons. The van der Waals surface area contributed by atoms with Crippen molar-refractivity contribution in [3.63, 3.8) is 0 Å². The molecule has 0 radical (unpaired) electrons. The number of esters is 2. The second-order valence-electron chi connectivity index (χ2n) is 43.0. The number of para-hydroxylation sites is 4. The number of carboxylic acid groups (broad SMARTS) is 1. The predicted octanol–water partition coefficient (Wildman–Crippen LogP) is 21.1. The van der Waals surface area contributed by atoms with Gasteiger partial charge in [-0.25, -0.2) is 4.84 Å². The normalized spacial score (nSPS) is 20.8. The fourth-order valence-corrected chi connectivity index (χ4v) is 22.2. The van der Waals surface area contributed by atoms with Gasteiger partial charge in [0.25, 0.3) is 17.7 Å². The van der Waals surface area contributed by atoms with Crippen molar-refractivity contribution in [2.75, 3.05) is 47.8 Å². The number of nitrogens with one attached hydrogen (secondary N) is 4. The highest BCUT2D eigenvalue weighted by Gasteiger charge is 2.58. The minimum atomic E-state index is -0.956. The number of aliphatic carboxylic acids is 1. The van der Waals surface area contributed by atoms with Crippen molar-refractivity contribution >= 4 is 129 Å². The molecule has 25 nitrogen and oxygen atoms in total. The van der Waals surface area contributed by atoms with Gasteiger partial charge in [0.1, 0.15) is 40.2 Å². The monoisotopic (exact) mass is 2040 g/mol. The number of halogens is 3. The fraction of sp³-hybridized carbons (Fsp3) is 0.424. The highest BCUT2D eigenvalue weighted by molar-refractivity contribution is 6.44. The van der Waals surface area contributed by atoms with Gasteiger partial charge < -0.3 is 61.6 Å². The van der Waals surface area contributed by atoms with Gasteiger partial charge in [-0.2, -0.15) is 0 Å². The van der Waals surface area contributed by atoms with Gasteiger partial charge >= 0.3 is 17.9 Å². The van der Waals surface area contributed by atoms with Crippen LogP contribution in [0.4, 0.5) is 22.7 Å². The van der Waals surface area contributed by atoms with Crippen molar-refractivity contribution in [3.8, 4) is 44.5 Å². The lowest BCUT2D eigenvalue weighted by atomic mass is 9.69. The molecule has 8 aliphatic carbocycles. The Labute approximate surface area is 870 Å². The van der Waals surface area contributed by atoms with E-state index in [4.69, 9.17) is 55.9 Å². The molecule has 0 spiro atoms. The number of carboxylic acids is 1. The Hall–Kier alpha value is -12.8. The third-order valence-corrected chi connectivity index (χ3v) is 30.9. The highest BCUT2D eigenvalue weighted by atomic mass is 35.5. The Morgan fingerprint density at radius 3 is 0.767 bits per heavy atom. The summed E-state index contributed by atoms with van der Waals surface area (Å²) in [6, 6.07) is 59.1. The van der Waals surface area contributed by atoms with Crippen LogP contribution in [0.15, 0.2) is 243 Å². The maximum atomic E-state index is 14.2. The van der Waals surface area contributed by atoms with E-state index in [1.165, 1.54) is 0 Å². The van der Waals surface area contributed by atoms with E-state index < -0.39 is 98.5 Å². The number of rotatable bonds is 24. The molecule has 0 aromatic heterocycles. The van der Waals surface area contributed by atoms with Gasteiger partial charge in [-0.15, -0.1) is 23.2 Å². The van der Waals surface area contributed by atoms with Gasteiger partial charge in [-0.3, -0.25) is 57.5 Å². The fourth-order valence-electron chi connectivity index (χ4n) is 22.0. The van der Waals surface area contributed by atoms with Crippen LogP contribution in [0.25, 0.3) is 44.5 Å². The highest BCUT2D eigenvalue weighted by Crippen LogP contribution is 2.55. The molecule has 146 heavy (non-hydrogen) atoms. The predicted molar refractivity (Wildman–Crippen MR) is 571 cm³/mol. The number of amides is 9. The maximum absolute atomic E-state index is 14.2. The van der Waals surface area contributed by atoms with E-state index >= 15 is 0 Å². The van der Waals surface area contributed by atoms with E-state index in [1.807, 2.05) is 284 Å². The van der Waals surface area contributed by atoms with Crippen LogP contribution in [-0.2, 0) is 67.0 Å². The molecule has 4 heterocycles. The lowest BCUT2D eigenvalue weighted by molar-refractivity contribution is -0.176. The van der Waals surface area contributed by atoms with Crippen molar-refractivity contribution in [2.24, 2.45) is 80.5 Å². The van der Waals surface area contributed by atoms with Crippen LogP contribution in [0.5, 0.6) is 0 Å². The van der Waals surface area contributed by atoms with E-state index in [0.29, 0.717) is 101 Å². The average Bonchev–Trinajstić information content (AvgIpc) is 1.60. The molecule has 4 fully saturated rings. The molecule has 4 saturated carbocycles. The third-order valence-electron chi connectivity index (χ3n) is 30.7. The molecule has 12 aliphatic rings. The minimum Gasteiger partial charge on any atom is -0.481 e. The maximum Gasteiger partial charge on any atom is 0.314 e. The molecule has 4 aliphatic heterocycles. The zero-order chi connectivity index (χ0) is 105. The summed E-state index contributed by atoms with van der Waals surface area (Å²) in [5.41, 5.74) is 21.0. The van der Waals surface area contributed by atoms with Crippen molar-refractivity contribution in [1.29, 1.82) is 0 Å². The van der Waals surface area contributed by atoms with Crippen molar-refractivity contribution in [3.05, 3.63) is 265 Å². The molecule has 8 aromatic carbocycles. The summed E-state index contributed by atoms with van der Waals surface area (Å²) < 4.78 is 11.4. The standard InChI is InChI=1S/C31H36N2O4.2C27H29N3O3.C16H24O4.C15H13ClN2O.C2H4Cl2/c1-30(2,3)37-29(36)31(17-9-10-18-31)24(19-20-15-16-20)27(34)32-26-23-13-6-5-11-21(23)22-12-7-8-14-25(22)33(4)28(26)35;2*1-30-22-11-5-4-9-19(22)18-8-2-3-10-20(18)23(25(30)32)29-24(31)21(16-17-12-13-17)27(26(28)33)14-6-7-15-27;1-15(2,3)20-14(19)16(8-4-5-9-16)12(13(17)18)10-11-6-7-11;1-18-13-9-5-4-7-11(13)10-6-2-3-8-12(10)14(17-16)15(18)19;1-2(3)4/h5-14,20,24,26H,15-19H2,1-4H3,(H,32,34);2*2-11,17,21,23H,12-16H2,1H3,(H2,28,33)(H,29,31);4-5,11-12H,6-10H2,1-3H3,(H,17,18);2-9,14,17H,1H3;2H,1H3/t24-,26?;2*21-,23?;12-;;/m0000../s1. The topological polar surface area (TPSA) is 357 Å². The molecule has 8 aromatic rings. The second kappa shape index (κ2) is 45.3. The molecule has 0 saturated heterocycles. The quantitative estimate of drug-likeness (QED) is 0.0128. The summed E-state index contributed by atoms with van der Waals surface area (Å²) in [4.78, 5) is 167. The second-order valence-corrected chi connectivity index (χ2v) is 44.8. The minimum absolute atomic E-state index is 0.0626. The summed E-state index contributed by atoms with van der Waals surface area (Å²) in [6.07, 6.45) is 30.3. The average molecular weight is 2040 g/mol.